The smallest absolute Gasteiger partial charge is 0.416 e. The molecule has 1 radical (unpaired) electrons. The zero-order valence-electron chi connectivity index (χ0n) is 29.6. The Morgan fingerprint density at radius 3 is 2.40 bits per heavy atom. The number of hydrogen-bond acceptors (Lipinski definition) is 7. The van der Waals surface area contributed by atoms with E-state index in [1.165, 1.54) is 7.11 Å². The van der Waals surface area contributed by atoms with Crippen molar-refractivity contribution < 1.29 is 33.0 Å². The van der Waals surface area contributed by atoms with Crippen molar-refractivity contribution >= 4 is 26.7 Å². The van der Waals surface area contributed by atoms with Gasteiger partial charge in [0.15, 0.2) is 11.5 Å². The number of methoxy groups -OCH3 is 1. The molecule has 0 saturated carbocycles. The van der Waals surface area contributed by atoms with Crippen molar-refractivity contribution in [2.24, 2.45) is 5.41 Å². The van der Waals surface area contributed by atoms with E-state index < -0.39 is 15.1 Å². The molecule has 0 aromatic heterocycles. The summed E-state index contributed by atoms with van der Waals surface area (Å²) >= 11 is 0. The monoisotopic (exact) mass is 665 g/mol. The Balaban J connectivity index is 2.08. The van der Waals surface area contributed by atoms with Crippen LogP contribution in [0.15, 0.2) is 66.6 Å². The minimum atomic E-state index is -1.11. The number of carbonyl (C=O) groups excluding carboxylic acids is 2. The Kier molecular flexibility index (Phi) is 14.1. The standard InChI is InChI=1S/C37H53N2O7Si/c1-11-12-16-19-43-26(4)28-20-31(34(37(5,6)7)46-47(9)10)39(23-28)35(40)29-21-32(42-8)33(44-24-27-17-14-13-15-18-27)22-30(29)38-36(41)45-25(2)3/h13-15,17-18,21-23,26,31,34H,2,11-12,16,19-20,24H2,1,3-10H3,(H,38,41)/t26?,31-,34?/m0/s1. The summed E-state index contributed by atoms with van der Waals surface area (Å²) < 4.78 is 29.9. The summed E-state index contributed by atoms with van der Waals surface area (Å²) in [5, 5.41) is 2.74. The van der Waals surface area contributed by atoms with E-state index in [9.17, 15) is 9.59 Å². The molecule has 0 aliphatic carbocycles. The van der Waals surface area contributed by atoms with Gasteiger partial charge in [-0.2, -0.15) is 0 Å². The molecule has 2 unspecified atom stereocenters. The van der Waals surface area contributed by atoms with Crippen LogP contribution in [-0.4, -0.2) is 57.9 Å². The number of nitrogens with one attached hydrogen (secondary N) is 1. The van der Waals surface area contributed by atoms with Crippen LogP contribution in [0.2, 0.25) is 13.1 Å². The number of anilines is 1. The number of carbonyl (C=O) groups is 2. The van der Waals surface area contributed by atoms with Crippen molar-refractivity contribution in [2.75, 3.05) is 19.0 Å². The number of unbranched alkanes of at least 4 members (excludes halogenated alkanes) is 2. The highest BCUT2D eigenvalue weighted by molar-refractivity contribution is 6.48. The second-order valence-electron chi connectivity index (χ2n) is 13.3. The molecule has 1 aliphatic heterocycles. The first-order valence-corrected chi connectivity index (χ1v) is 18.8. The van der Waals surface area contributed by atoms with Crippen LogP contribution in [0.5, 0.6) is 11.5 Å². The van der Waals surface area contributed by atoms with Crippen molar-refractivity contribution in [1.29, 1.82) is 0 Å². The summed E-state index contributed by atoms with van der Waals surface area (Å²) in [6.07, 6.45) is 4.51. The van der Waals surface area contributed by atoms with Gasteiger partial charge in [-0.3, -0.25) is 10.1 Å². The number of benzene rings is 2. The van der Waals surface area contributed by atoms with Gasteiger partial charge >= 0.3 is 6.09 Å². The molecule has 2 amide bonds. The number of rotatable bonds is 16. The van der Waals surface area contributed by atoms with Gasteiger partial charge < -0.3 is 28.3 Å². The Morgan fingerprint density at radius 1 is 1.11 bits per heavy atom. The molecule has 3 rings (SSSR count). The molecular formula is C37H53N2O7Si. The highest BCUT2D eigenvalue weighted by Gasteiger charge is 2.43. The minimum Gasteiger partial charge on any atom is -0.493 e. The first-order chi connectivity index (χ1) is 22.2. The molecular weight excluding hydrogens is 613 g/mol. The van der Waals surface area contributed by atoms with Gasteiger partial charge in [0.2, 0.25) is 9.04 Å². The predicted octanol–water partition coefficient (Wildman–Crippen LogP) is 8.73. The molecule has 2 aromatic carbocycles. The van der Waals surface area contributed by atoms with Crippen molar-refractivity contribution in [1.82, 2.24) is 4.90 Å². The average molecular weight is 666 g/mol. The van der Waals surface area contributed by atoms with E-state index in [0.717, 1.165) is 30.4 Å². The summed E-state index contributed by atoms with van der Waals surface area (Å²) in [5.41, 5.74) is 2.15. The van der Waals surface area contributed by atoms with Gasteiger partial charge in [-0.15, -0.1) is 0 Å². The first-order valence-electron chi connectivity index (χ1n) is 16.4. The molecule has 1 aliphatic rings. The number of ether oxygens (including phenoxy) is 4. The molecule has 1 N–H and O–H groups in total. The third-order valence-electron chi connectivity index (χ3n) is 7.82. The molecule has 0 fully saturated rings. The van der Waals surface area contributed by atoms with Gasteiger partial charge in [0.05, 0.1) is 42.4 Å². The van der Waals surface area contributed by atoms with Gasteiger partial charge in [-0.05, 0) is 62.4 Å². The second-order valence-corrected chi connectivity index (χ2v) is 15.3. The average Bonchev–Trinajstić information content (AvgIpc) is 3.45. The molecule has 0 saturated heterocycles. The van der Waals surface area contributed by atoms with E-state index >= 15 is 0 Å². The second kappa shape index (κ2) is 17.5. The lowest BCUT2D eigenvalue weighted by Crippen LogP contribution is -2.50. The van der Waals surface area contributed by atoms with Crippen LogP contribution in [-0.2, 0) is 20.5 Å². The maximum atomic E-state index is 14.7. The summed E-state index contributed by atoms with van der Waals surface area (Å²) in [6, 6.07) is 12.6. The van der Waals surface area contributed by atoms with Crippen LogP contribution >= 0.6 is 0 Å². The Labute approximate surface area is 283 Å². The van der Waals surface area contributed by atoms with Gasteiger partial charge in [-0.1, -0.05) is 77.4 Å². The molecule has 257 valence electrons. The van der Waals surface area contributed by atoms with Gasteiger partial charge in [-0.25, -0.2) is 4.79 Å². The normalized spacial score (nSPS) is 16.0. The van der Waals surface area contributed by atoms with Crippen LogP contribution in [0.3, 0.4) is 0 Å². The Morgan fingerprint density at radius 2 is 1.81 bits per heavy atom. The molecule has 1 heterocycles. The fraction of sp³-hybridized carbons (Fsp3) is 0.514. The Hall–Kier alpha value is -3.60. The van der Waals surface area contributed by atoms with Gasteiger partial charge in [0.25, 0.3) is 5.91 Å². The fourth-order valence-electron chi connectivity index (χ4n) is 5.49. The lowest BCUT2D eigenvalue weighted by molar-refractivity contribution is 0.0177. The number of hydrogen-bond donors (Lipinski definition) is 1. The summed E-state index contributed by atoms with van der Waals surface area (Å²) in [5.74, 6) is 0.612. The van der Waals surface area contributed by atoms with Crippen LogP contribution < -0.4 is 14.8 Å². The number of allylic oxidation sites excluding steroid dienone is 1. The molecule has 47 heavy (non-hydrogen) atoms. The highest BCUT2D eigenvalue weighted by atomic mass is 28.3. The van der Waals surface area contributed by atoms with E-state index in [-0.39, 0.29) is 53.2 Å². The summed E-state index contributed by atoms with van der Waals surface area (Å²) in [4.78, 5) is 29.3. The first kappa shape index (κ1) is 37.9. The van der Waals surface area contributed by atoms with E-state index in [1.807, 2.05) is 43.5 Å². The summed E-state index contributed by atoms with van der Waals surface area (Å²) in [7, 11) is 0.406. The molecule has 2 aromatic rings. The largest absolute Gasteiger partial charge is 0.493 e. The molecule has 3 atom stereocenters. The topological polar surface area (TPSA) is 95.6 Å². The van der Waals surface area contributed by atoms with Crippen molar-refractivity contribution in [3.8, 4) is 11.5 Å². The van der Waals surface area contributed by atoms with E-state index in [4.69, 9.17) is 23.4 Å². The van der Waals surface area contributed by atoms with Crippen LogP contribution in [0.1, 0.15) is 83.1 Å². The fourth-order valence-corrected chi connectivity index (χ4v) is 6.50. The highest BCUT2D eigenvalue weighted by Crippen LogP contribution is 2.40. The van der Waals surface area contributed by atoms with Crippen molar-refractivity contribution in [2.45, 2.75) is 105 Å². The molecule has 9 nitrogen and oxygen atoms in total. The van der Waals surface area contributed by atoms with Crippen molar-refractivity contribution in [3.63, 3.8) is 0 Å². The Bertz CT molecular complexity index is 1390. The summed E-state index contributed by atoms with van der Waals surface area (Å²) in [6.45, 7) is 21.0. The molecule has 10 heteroatoms. The van der Waals surface area contributed by atoms with E-state index in [1.54, 1.807) is 24.0 Å². The lowest BCUT2D eigenvalue weighted by atomic mass is 9.82. The van der Waals surface area contributed by atoms with Crippen LogP contribution in [0.4, 0.5) is 10.5 Å². The zero-order valence-corrected chi connectivity index (χ0v) is 30.6. The predicted molar refractivity (Wildman–Crippen MR) is 188 cm³/mol. The van der Waals surface area contributed by atoms with E-state index in [0.29, 0.717) is 24.5 Å². The third kappa shape index (κ3) is 11.0. The van der Waals surface area contributed by atoms with E-state index in [2.05, 4.69) is 52.7 Å². The number of amides is 2. The minimum absolute atomic E-state index is 0.174. The zero-order chi connectivity index (χ0) is 34.7. The SMILES string of the molecule is C=C(C)OC(=O)Nc1cc(OCc2ccccc2)c(OC)cc1C(=O)N1C=C(C(C)OCCCCC)C[C@H]1C(O[Si](C)C)C(C)(C)C. The van der Waals surface area contributed by atoms with Crippen LogP contribution in [0.25, 0.3) is 0 Å². The maximum absolute atomic E-state index is 14.7. The third-order valence-corrected chi connectivity index (χ3v) is 8.55. The maximum Gasteiger partial charge on any atom is 0.416 e. The van der Waals surface area contributed by atoms with Crippen molar-refractivity contribution in [3.05, 3.63) is 77.7 Å². The quantitative estimate of drug-likeness (QED) is 0.109. The lowest BCUT2D eigenvalue weighted by Gasteiger charge is -2.40. The number of nitrogens with zero attached hydrogens (tertiary/aromatic N) is 1. The van der Waals surface area contributed by atoms with Crippen LogP contribution in [0, 0.1) is 5.41 Å². The van der Waals surface area contributed by atoms with Gasteiger partial charge in [0, 0.05) is 18.9 Å². The van der Waals surface area contributed by atoms with Gasteiger partial charge in [0.1, 0.15) is 6.61 Å². The molecule has 0 spiro atoms. The molecule has 0 bridgehead atoms.